The van der Waals surface area contributed by atoms with Crippen molar-refractivity contribution in [2.24, 2.45) is 0 Å². The highest BCUT2D eigenvalue weighted by molar-refractivity contribution is 7.47. The number of aliphatic hydroxyl groups is 5. The molecular formula is C27H49O13P. The van der Waals surface area contributed by atoms with Crippen molar-refractivity contribution in [3.63, 3.8) is 0 Å². The highest BCUT2D eigenvalue weighted by Gasteiger charge is 2.51. The Morgan fingerprint density at radius 3 is 1.88 bits per heavy atom. The van der Waals surface area contributed by atoms with Crippen LogP contribution < -0.4 is 0 Å². The predicted molar refractivity (Wildman–Crippen MR) is 147 cm³/mol. The van der Waals surface area contributed by atoms with Gasteiger partial charge in [0.05, 0.1) is 6.61 Å². The smallest absolute Gasteiger partial charge is 0.462 e. The minimum absolute atomic E-state index is 0.0474. The van der Waals surface area contributed by atoms with Crippen LogP contribution in [-0.4, -0.2) is 98.3 Å². The molecule has 41 heavy (non-hydrogen) atoms. The van der Waals surface area contributed by atoms with Gasteiger partial charge in [0.1, 0.15) is 43.2 Å². The molecule has 6 N–H and O–H groups in total. The fraction of sp³-hybridized carbons (Fsp3) is 0.852. The summed E-state index contributed by atoms with van der Waals surface area (Å²) < 4.78 is 32.3. The number of allylic oxidation sites excluding steroid dienone is 2. The molecule has 6 atom stereocenters. The topological polar surface area (TPSA) is 210 Å². The van der Waals surface area contributed by atoms with Crippen molar-refractivity contribution < 1.29 is 63.1 Å². The van der Waals surface area contributed by atoms with E-state index in [9.17, 15) is 44.6 Å². The monoisotopic (exact) mass is 612 g/mol. The van der Waals surface area contributed by atoms with Gasteiger partial charge in [-0.1, -0.05) is 58.1 Å². The van der Waals surface area contributed by atoms with Gasteiger partial charge in [-0.3, -0.25) is 18.6 Å². The summed E-state index contributed by atoms with van der Waals surface area (Å²) in [6, 6.07) is 0. The number of phosphoric acid groups is 1. The summed E-state index contributed by atoms with van der Waals surface area (Å²) in [4.78, 5) is 34.0. The maximum atomic E-state index is 12.5. The van der Waals surface area contributed by atoms with E-state index in [2.05, 4.69) is 19.1 Å². The van der Waals surface area contributed by atoms with Crippen LogP contribution in [0.25, 0.3) is 0 Å². The first-order valence-corrected chi connectivity index (χ1v) is 16.0. The molecule has 0 heterocycles. The maximum Gasteiger partial charge on any atom is 0.472 e. The molecule has 6 unspecified atom stereocenters. The van der Waals surface area contributed by atoms with Crippen LogP contribution in [0.4, 0.5) is 0 Å². The molecule has 0 saturated heterocycles. The highest BCUT2D eigenvalue weighted by atomic mass is 31.2. The quantitative estimate of drug-likeness (QED) is 0.0475. The zero-order valence-electron chi connectivity index (χ0n) is 24.1. The predicted octanol–water partition coefficient (Wildman–Crippen LogP) is 2.04. The summed E-state index contributed by atoms with van der Waals surface area (Å²) in [5, 5.41) is 49.2. The molecule has 1 fully saturated rings. The van der Waals surface area contributed by atoms with Crippen LogP contribution in [0, 0.1) is 0 Å². The van der Waals surface area contributed by atoms with E-state index in [0.717, 1.165) is 38.5 Å². The number of aliphatic hydroxyl groups excluding tert-OH is 5. The van der Waals surface area contributed by atoms with Crippen LogP contribution in [0.1, 0.15) is 90.9 Å². The van der Waals surface area contributed by atoms with Crippen molar-refractivity contribution in [3.8, 4) is 0 Å². The van der Waals surface area contributed by atoms with E-state index in [-0.39, 0.29) is 12.8 Å². The number of unbranched alkanes of at least 4 members (excludes halogenated alkanes) is 8. The summed E-state index contributed by atoms with van der Waals surface area (Å²) in [7, 11) is -5.07. The standard InChI is InChI=1S/C27H49O13P/c1-3-5-6-7-8-9-10-11-12-13-14-15-16-21(29)39-19(17-37-20(28)4-2)18-38-41(35,36)40-27-25(33)23(31)22(30)24(32)26(27)34/h8-9,19,22-27,30-34H,3-7,10-18H2,1-2H3,(H,35,36)/b9-8-. The molecule has 13 nitrogen and oxygen atoms in total. The van der Waals surface area contributed by atoms with Crippen LogP contribution in [0.3, 0.4) is 0 Å². The van der Waals surface area contributed by atoms with Gasteiger partial charge < -0.3 is 39.9 Å². The van der Waals surface area contributed by atoms with Gasteiger partial charge in [-0.15, -0.1) is 0 Å². The summed E-state index contributed by atoms with van der Waals surface area (Å²) in [5.74, 6) is -1.21. The fourth-order valence-corrected chi connectivity index (χ4v) is 5.11. The zero-order valence-corrected chi connectivity index (χ0v) is 25.0. The van der Waals surface area contributed by atoms with Gasteiger partial charge in [0, 0.05) is 12.8 Å². The number of carbonyl (C=O) groups excluding carboxylic acids is 2. The summed E-state index contributed by atoms with van der Waals surface area (Å²) in [6.07, 6.45) is 1.72. The largest absolute Gasteiger partial charge is 0.472 e. The van der Waals surface area contributed by atoms with Gasteiger partial charge >= 0.3 is 19.8 Å². The van der Waals surface area contributed by atoms with Crippen molar-refractivity contribution in [2.45, 2.75) is 134 Å². The van der Waals surface area contributed by atoms with E-state index in [0.29, 0.717) is 6.42 Å². The second-order valence-corrected chi connectivity index (χ2v) is 11.6. The summed E-state index contributed by atoms with van der Waals surface area (Å²) in [5.41, 5.74) is 0. The second-order valence-electron chi connectivity index (χ2n) is 10.2. The lowest BCUT2D eigenvalue weighted by molar-refractivity contribution is -0.220. The molecule has 1 rings (SSSR count). The molecule has 1 aliphatic rings. The Morgan fingerprint density at radius 2 is 1.29 bits per heavy atom. The van der Waals surface area contributed by atoms with Crippen molar-refractivity contribution in [1.82, 2.24) is 0 Å². The van der Waals surface area contributed by atoms with Gasteiger partial charge in [-0.05, 0) is 32.1 Å². The van der Waals surface area contributed by atoms with E-state index in [1.54, 1.807) is 6.92 Å². The van der Waals surface area contributed by atoms with Crippen molar-refractivity contribution in [2.75, 3.05) is 13.2 Å². The first-order chi connectivity index (χ1) is 19.4. The Balaban J connectivity index is 2.49. The van der Waals surface area contributed by atoms with Gasteiger partial charge in [0.2, 0.25) is 0 Å². The molecule has 0 amide bonds. The molecular weight excluding hydrogens is 563 g/mol. The lowest BCUT2D eigenvalue weighted by Gasteiger charge is -2.41. The van der Waals surface area contributed by atoms with Gasteiger partial charge in [-0.2, -0.15) is 0 Å². The third-order valence-electron chi connectivity index (χ3n) is 6.66. The van der Waals surface area contributed by atoms with Crippen LogP contribution in [0.5, 0.6) is 0 Å². The lowest BCUT2D eigenvalue weighted by atomic mass is 9.85. The third-order valence-corrected chi connectivity index (χ3v) is 7.65. The Bertz CT molecular complexity index is 807. The molecule has 0 aromatic heterocycles. The molecule has 0 radical (unpaired) electrons. The molecule has 240 valence electrons. The average molecular weight is 613 g/mol. The van der Waals surface area contributed by atoms with Crippen LogP contribution in [-0.2, 0) is 32.7 Å². The SMILES string of the molecule is CCCCC/C=C\CCCCCCCC(=O)OC(COC(=O)CC)COP(=O)(O)OC1C(O)C(O)C(O)C(O)C1O. The van der Waals surface area contributed by atoms with Gasteiger partial charge in [0.15, 0.2) is 6.10 Å². The van der Waals surface area contributed by atoms with E-state index >= 15 is 0 Å². The number of esters is 2. The second kappa shape index (κ2) is 20.5. The van der Waals surface area contributed by atoms with E-state index < -0.39 is 75.7 Å². The highest BCUT2D eigenvalue weighted by Crippen LogP contribution is 2.47. The van der Waals surface area contributed by atoms with Crippen LogP contribution in [0.15, 0.2) is 12.2 Å². The van der Waals surface area contributed by atoms with Crippen LogP contribution in [0.2, 0.25) is 0 Å². The molecule has 1 saturated carbocycles. The van der Waals surface area contributed by atoms with Crippen molar-refractivity contribution in [3.05, 3.63) is 12.2 Å². The van der Waals surface area contributed by atoms with Gasteiger partial charge in [0.25, 0.3) is 0 Å². The number of phosphoric ester groups is 1. The van der Waals surface area contributed by atoms with E-state index in [4.69, 9.17) is 18.5 Å². The summed E-state index contributed by atoms with van der Waals surface area (Å²) in [6.45, 7) is 2.54. The number of hydrogen-bond donors (Lipinski definition) is 6. The Morgan fingerprint density at radius 1 is 0.756 bits per heavy atom. The van der Waals surface area contributed by atoms with Gasteiger partial charge in [-0.25, -0.2) is 4.57 Å². The Kier molecular flexibility index (Phi) is 18.8. The molecule has 14 heteroatoms. The van der Waals surface area contributed by atoms with E-state index in [1.165, 1.54) is 19.3 Å². The Labute approximate surface area is 242 Å². The van der Waals surface area contributed by atoms with Crippen molar-refractivity contribution in [1.29, 1.82) is 0 Å². The van der Waals surface area contributed by atoms with Crippen molar-refractivity contribution >= 4 is 19.8 Å². The summed E-state index contributed by atoms with van der Waals surface area (Å²) >= 11 is 0. The van der Waals surface area contributed by atoms with E-state index in [1.807, 2.05) is 0 Å². The minimum atomic E-state index is -5.07. The minimum Gasteiger partial charge on any atom is -0.462 e. The fourth-order valence-electron chi connectivity index (χ4n) is 4.14. The third kappa shape index (κ3) is 15.1. The normalized spacial score (nSPS) is 26.9. The number of ether oxygens (including phenoxy) is 2. The lowest BCUT2D eigenvalue weighted by Crippen LogP contribution is -2.64. The average Bonchev–Trinajstić information content (AvgIpc) is 2.95. The zero-order chi connectivity index (χ0) is 30.8. The Hall–Kier alpha value is -1.41. The number of hydrogen-bond acceptors (Lipinski definition) is 12. The first-order valence-electron chi connectivity index (χ1n) is 14.5. The molecule has 1 aliphatic carbocycles. The molecule has 0 aliphatic heterocycles. The number of carbonyl (C=O) groups is 2. The number of rotatable bonds is 21. The van der Waals surface area contributed by atoms with Crippen LogP contribution >= 0.6 is 7.82 Å². The molecule has 0 aromatic carbocycles. The molecule has 0 bridgehead atoms. The molecule has 0 spiro atoms. The first kappa shape index (κ1) is 37.6. The molecule has 0 aromatic rings. The maximum absolute atomic E-state index is 12.5.